The van der Waals surface area contributed by atoms with Gasteiger partial charge in [-0.15, -0.1) is 0 Å². The van der Waals surface area contributed by atoms with Crippen LogP contribution in [0, 0.1) is 12.7 Å². The van der Waals surface area contributed by atoms with E-state index in [4.69, 9.17) is 5.73 Å². The number of fused-ring (bicyclic) bond motifs is 2. The number of hydrogen-bond donors (Lipinski definition) is 1. The number of benzene rings is 1. The molecule has 0 saturated carbocycles. The summed E-state index contributed by atoms with van der Waals surface area (Å²) in [6.45, 7) is 1.88. The van der Waals surface area contributed by atoms with Gasteiger partial charge in [0.1, 0.15) is 11.3 Å². The molecule has 94 valence electrons. The van der Waals surface area contributed by atoms with Crippen molar-refractivity contribution in [3.8, 4) is 0 Å². The molecule has 0 radical (unpaired) electrons. The minimum Gasteiger partial charge on any atom is -0.398 e. The van der Waals surface area contributed by atoms with E-state index in [1.54, 1.807) is 0 Å². The molecule has 0 bridgehead atoms. The SMILES string of the molecule is Cc1cc(F)c2nc3c(c(N)c2c1)CCCCC3. The fourth-order valence-corrected chi connectivity index (χ4v) is 2.83. The minimum atomic E-state index is -0.260. The zero-order valence-electron chi connectivity index (χ0n) is 10.6. The van der Waals surface area contributed by atoms with Gasteiger partial charge in [0.15, 0.2) is 0 Å². The smallest absolute Gasteiger partial charge is 0.149 e. The molecule has 1 heterocycles. The Morgan fingerprint density at radius 2 is 1.94 bits per heavy atom. The molecule has 0 unspecified atom stereocenters. The second-order valence-corrected chi connectivity index (χ2v) is 5.15. The third-order valence-corrected chi connectivity index (χ3v) is 3.76. The maximum absolute atomic E-state index is 14.0. The topological polar surface area (TPSA) is 38.9 Å². The third-order valence-electron chi connectivity index (χ3n) is 3.76. The summed E-state index contributed by atoms with van der Waals surface area (Å²) < 4.78 is 14.0. The number of nitrogens with zero attached hydrogens (tertiary/aromatic N) is 1. The van der Waals surface area contributed by atoms with E-state index in [0.717, 1.165) is 53.6 Å². The number of rotatable bonds is 0. The first kappa shape index (κ1) is 11.5. The van der Waals surface area contributed by atoms with E-state index in [9.17, 15) is 4.39 Å². The van der Waals surface area contributed by atoms with Crippen LogP contribution in [0.25, 0.3) is 10.9 Å². The molecule has 1 aliphatic rings. The van der Waals surface area contributed by atoms with Crippen molar-refractivity contribution in [2.45, 2.75) is 39.0 Å². The predicted octanol–water partition coefficient (Wildman–Crippen LogP) is 3.53. The lowest BCUT2D eigenvalue weighted by molar-refractivity contribution is 0.635. The van der Waals surface area contributed by atoms with Crippen LogP contribution in [0.3, 0.4) is 0 Å². The average Bonchev–Trinajstić information content (AvgIpc) is 2.56. The Bertz CT molecular complexity index is 620. The highest BCUT2D eigenvalue weighted by Gasteiger charge is 2.17. The third kappa shape index (κ3) is 1.74. The Hall–Kier alpha value is -1.64. The first-order valence-electron chi connectivity index (χ1n) is 6.54. The summed E-state index contributed by atoms with van der Waals surface area (Å²) in [7, 11) is 0. The van der Waals surface area contributed by atoms with E-state index in [2.05, 4.69) is 4.98 Å². The van der Waals surface area contributed by atoms with E-state index < -0.39 is 0 Å². The van der Waals surface area contributed by atoms with E-state index in [1.807, 2.05) is 13.0 Å². The molecule has 0 spiro atoms. The van der Waals surface area contributed by atoms with Crippen LogP contribution < -0.4 is 5.73 Å². The monoisotopic (exact) mass is 244 g/mol. The van der Waals surface area contributed by atoms with Crippen molar-refractivity contribution in [2.24, 2.45) is 0 Å². The van der Waals surface area contributed by atoms with Crippen LogP contribution >= 0.6 is 0 Å². The van der Waals surface area contributed by atoms with Crippen molar-refractivity contribution in [2.75, 3.05) is 5.73 Å². The lowest BCUT2D eigenvalue weighted by atomic mass is 10.0. The number of nitrogens with two attached hydrogens (primary N) is 1. The zero-order valence-corrected chi connectivity index (χ0v) is 10.6. The summed E-state index contributed by atoms with van der Waals surface area (Å²) in [5.41, 5.74) is 10.4. The zero-order chi connectivity index (χ0) is 12.7. The second-order valence-electron chi connectivity index (χ2n) is 5.15. The minimum absolute atomic E-state index is 0.260. The molecule has 3 rings (SSSR count). The van der Waals surface area contributed by atoms with Gasteiger partial charge in [-0.1, -0.05) is 6.42 Å². The van der Waals surface area contributed by atoms with Crippen molar-refractivity contribution in [1.29, 1.82) is 0 Å². The van der Waals surface area contributed by atoms with Gasteiger partial charge < -0.3 is 5.73 Å². The Morgan fingerprint density at radius 1 is 1.17 bits per heavy atom. The number of anilines is 1. The van der Waals surface area contributed by atoms with Crippen LogP contribution in [0.2, 0.25) is 0 Å². The fourth-order valence-electron chi connectivity index (χ4n) is 2.83. The van der Waals surface area contributed by atoms with Crippen molar-refractivity contribution in [3.63, 3.8) is 0 Å². The Morgan fingerprint density at radius 3 is 2.78 bits per heavy atom. The molecule has 0 amide bonds. The molecule has 0 fully saturated rings. The second kappa shape index (κ2) is 4.23. The van der Waals surface area contributed by atoms with Gasteiger partial charge in [0.25, 0.3) is 0 Å². The fraction of sp³-hybridized carbons (Fsp3) is 0.400. The van der Waals surface area contributed by atoms with Gasteiger partial charge in [0.2, 0.25) is 0 Å². The highest BCUT2D eigenvalue weighted by Crippen LogP contribution is 2.32. The molecule has 0 atom stereocenters. The predicted molar refractivity (Wildman–Crippen MR) is 72.1 cm³/mol. The molecule has 1 aliphatic carbocycles. The van der Waals surface area contributed by atoms with Gasteiger partial charge in [-0.2, -0.15) is 0 Å². The maximum atomic E-state index is 14.0. The Labute approximate surface area is 106 Å². The highest BCUT2D eigenvalue weighted by atomic mass is 19.1. The normalized spacial score (nSPS) is 15.4. The highest BCUT2D eigenvalue weighted by molar-refractivity contribution is 5.93. The number of aromatic nitrogens is 1. The lowest BCUT2D eigenvalue weighted by Crippen LogP contribution is -2.04. The Kier molecular flexibility index (Phi) is 2.69. The van der Waals surface area contributed by atoms with Gasteiger partial charge in [-0.3, -0.25) is 0 Å². The van der Waals surface area contributed by atoms with Gasteiger partial charge in [-0.25, -0.2) is 9.37 Å². The standard InChI is InChI=1S/C15H17FN2/c1-9-7-11-14(17)10-5-3-2-4-6-13(10)18-15(11)12(16)8-9/h7-8H,2-6H2,1H3,(H2,17,18). The average molecular weight is 244 g/mol. The summed E-state index contributed by atoms with van der Waals surface area (Å²) in [6, 6.07) is 3.46. The molecule has 1 aromatic heterocycles. The lowest BCUT2D eigenvalue weighted by Gasteiger charge is -2.13. The van der Waals surface area contributed by atoms with E-state index in [1.165, 1.54) is 12.5 Å². The van der Waals surface area contributed by atoms with Crippen LogP contribution in [-0.2, 0) is 12.8 Å². The summed E-state index contributed by atoms with van der Waals surface area (Å²) in [4.78, 5) is 4.52. The quantitative estimate of drug-likeness (QED) is 0.720. The van der Waals surface area contributed by atoms with E-state index in [-0.39, 0.29) is 5.82 Å². The van der Waals surface area contributed by atoms with Gasteiger partial charge >= 0.3 is 0 Å². The molecule has 2 nitrogen and oxygen atoms in total. The molecule has 3 heteroatoms. The number of pyridine rings is 1. The number of nitrogen functional groups attached to an aromatic ring is 1. The summed E-state index contributed by atoms with van der Waals surface area (Å²) in [6.07, 6.45) is 5.37. The summed E-state index contributed by atoms with van der Waals surface area (Å²) in [5, 5.41) is 0.771. The molecule has 2 N–H and O–H groups in total. The van der Waals surface area contributed by atoms with Gasteiger partial charge in [0.05, 0.1) is 0 Å². The summed E-state index contributed by atoms with van der Waals surface area (Å²) >= 11 is 0. The van der Waals surface area contributed by atoms with Crippen LogP contribution in [0.4, 0.5) is 10.1 Å². The molecule has 1 aromatic carbocycles. The first-order chi connectivity index (χ1) is 8.66. The van der Waals surface area contributed by atoms with Crippen molar-refractivity contribution < 1.29 is 4.39 Å². The van der Waals surface area contributed by atoms with Gasteiger partial charge in [0, 0.05) is 16.8 Å². The molecule has 18 heavy (non-hydrogen) atoms. The molecular formula is C15H17FN2. The van der Waals surface area contributed by atoms with Gasteiger partial charge in [-0.05, 0) is 55.9 Å². The van der Waals surface area contributed by atoms with E-state index in [0.29, 0.717) is 5.52 Å². The number of halogens is 1. The van der Waals surface area contributed by atoms with Crippen molar-refractivity contribution in [1.82, 2.24) is 4.98 Å². The van der Waals surface area contributed by atoms with Crippen LogP contribution in [0.15, 0.2) is 12.1 Å². The first-order valence-corrected chi connectivity index (χ1v) is 6.54. The molecule has 2 aromatic rings. The van der Waals surface area contributed by atoms with E-state index >= 15 is 0 Å². The molecule has 0 saturated heterocycles. The number of aryl methyl sites for hydroxylation is 2. The molecule has 0 aliphatic heterocycles. The van der Waals surface area contributed by atoms with Crippen LogP contribution in [0.5, 0.6) is 0 Å². The van der Waals surface area contributed by atoms with Crippen molar-refractivity contribution >= 4 is 16.6 Å². The van der Waals surface area contributed by atoms with Crippen LogP contribution in [-0.4, -0.2) is 4.98 Å². The largest absolute Gasteiger partial charge is 0.398 e. The maximum Gasteiger partial charge on any atom is 0.149 e. The van der Waals surface area contributed by atoms with Crippen LogP contribution in [0.1, 0.15) is 36.1 Å². The summed E-state index contributed by atoms with van der Waals surface area (Å²) in [5.74, 6) is -0.260. The number of hydrogen-bond acceptors (Lipinski definition) is 2. The molecular weight excluding hydrogens is 227 g/mol. The Balaban J connectivity index is 2.34. The van der Waals surface area contributed by atoms with Crippen molar-refractivity contribution in [3.05, 3.63) is 34.8 Å².